The molecule has 0 saturated carbocycles. The molecule has 1 aliphatic rings. The Bertz CT molecular complexity index is 206. The molecule has 0 aliphatic carbocycles. The van der Waals surface area contributed by atoms with E-state index >= 15 is 0 Å². The highest BCUT2D eigenvalue weighted by molar-refractivity contribution is 6.54. The molecule has 2 N–H and O–H groups in total. The Morgan fingerprint density at radius 3 is 2.18 bits per heavy atom. The first-order chi connectivity index (χ1) is 8.00. The van der Waals surface area contributed by atoms with Crippen molar-refractivity contribution in [1.82, 2.24) is 10.6 Å². The third kappa shape index (κ3) is 5.51. The highest BCUT2D eigenvalue weighted by Crippen LogP contribution is 2.18. The second kappa shape index (κ2) is 7.51. The topological polar surface area (TPSA) is 33.3 Å². The third-order valence-corrected chi connectivity index (χ3v) is 6.76. The van der Waals surface area contributed by atoms with E-state index in [-0.39, 0.29) is 0 Å². The second-order valence-corrected chi connectivity index (χ2v) is 8.59. The predicted octanol–water partition coefficient (Wildman–Crippen LogP) is 2.02. The zero-order valence-electron chi connectivity index (χ0n) is 12.1. The van der Waals surface area contributed by atoms with E-state index in [0.717, 1.165) is 6.61 Å². The molecule has 0 bridgehead atoms. The highest BCUT2D eigenvalue weighted by atomic mass is 28.3. The maximum Gasteiger partial charge on any atom is 0.193 e. The van der Waals surface area contributed by atoms with Crippen LogP contribution in [0.3, 0.4) is 0 Å². The molecule has 1 saturated heterocycles. The molecule has 0 radical (unpaired) electrons. The lowest BCUT2D eigenvalue weighted by Gasteiger charge is -2.35. The van der Waals surface area contributed by atoms with Gasteiger partial charge in [0, 0.05) is 18.3 Å². The summed E-state index contributed by atoms with van der Waals surface area (Å²) in [6.07, 6.45) is 3.00. The Kier molecular flexibility index (Phi) is 6.70. The minimum absolute atomic E-state index is 0.375. The van der Waals surface area contributed by atoms with Gasteiger partial charge in [0.1, 0.15) is 0 Å². The van der Waals surface area contributed by atoms with Crippen molar-refractivity contribution in [3.05, 3.63) is 0 Å². The molecule has 1 aliphatic heterocycles. The van der Waals surface area contributed by atoms with Crippen molar-refractivity contribution >= 4 is 9.04 Å². The number of rotatable bonds is 6. The SMILES string of the molecule is CC(C)NC(C)NC(C(C)C)[SiH]1CCCCO1. The summed E-state index contributed by atoms with van der Waals surface area (Å²) in [4.78, 5) is 0. The van der Waals surface area contributed by atoms with Gasteiger partial charge in [-0.1, -0.05) is 20.3 Å². The largest absolute Gasteiger partial charge is 0.418 e. The molecule has 3 atom stereocenters. The standard InChI is InChI=1S/C13H30N2OSi/c1-10(2)13(15-12(5)14-11(3)4)17-9-7-6-8-16-17/h10-15,17H,6-9H2,1-5H3. The van der Waals surface area contributed by atoms with Crippen LogP contribution < -0.4 is 10.6 Å². The van der Waals surface area contributed by atoms with Crippen LogP contribution in [0.2, 0.25) is 6.04 Å². The Morgan fingerprint density at radius 2 is 1.71 bits per heavy atom. The summed E-state index contributed by atoms with van der Waals surface area (Å²) in [5.74, 6) is 0.668. The highest BCUT2D eigenvalue weighted by Gasteiger charge is 2.29. The maximum atomic E-state index is 6.06. The van der Waals surface area contributed by atoms with Crippen LogP contribution in [-0.2, 0) is 4.43 Å². The van der Waals surface area contributed by atoms with E-state index in [2.05, 4.69) is 45.3 Å². The molecule has 0 aromatic rings. The van der Waals surface area contributed by atoms with E-state index in [1.807, 2.05) is 0 Å². The Hall–Kier alpha value is 0.0969. The fourth-order valence-electron chi connectivity index (χ4n) is 2.61. The van der Waals surface area contributed by atoms with Crippen molar-refractivity contribution in [2.75, 3.05) is 6.61 Å². The van der Waals surface area contributed by atoms with Crippen molar-refractivity contribution in [3.8, 4) is 0 Å². The van der Waals surface area contributed by atoms with Gasteiger partial charge in [-0.2, -0.15) is 0 Å². The van der Waals surface area contributed by atoms with Gasteiger partial charge in [0.15, 0.2) is 9.04 Å². The van der Waals surface area contributed by atoms with Crippen molar-refractivity contribution < 1.29 is 4.43 Å². The van der Waals surface area contributed by atoms with Crippen molar-refractivity contribution in [1.29, 1.82) is 0 Å². The Morgan fingerprint density at radius 1 is 1.00 bits per heavy atom. The summed E-state index contributed by atoms with van der Waals surface area (Å²) in [7, 11) is -1.05. The number of hydrogen-bond acceptors (Lipinski definition) is 3. The molecule has 17 heavy (non-hydrogen) atoms. The van der Waals surface area contributed by atoms with E-state index in [0.29, 0.717) is 23.8 Å². The molecule has 0 spiro atoms. The maximum absolute atomic E-state index is 6.06. The molecule has 0 aromatic carbocycles. The van der Waals surface area contributed by atoms with Crippen molar-refractivity contribution in [2.45, 2.75) is 71.4 Å². The van der Waals surface area contributed by atoms with Crippen LogP contribution in [0.15, 0.2) is 0 Å². The molecule has 1 fully saturated rings. The quantitative estimate of drug-likeness (QED) is 0.565. The first-order valence-electron chi connectivity index (χ1n) is 7.14. The lowest BCUT2D eigenvalue weighted by atomic mass is 10.2. The molecular formula is C13H30N2OSi. The summed E-state index contributed by atoms with van der Waals surface area (Å²) >= 11 is 0. The fourth-order valence-corrected chi connectivity index (χ4v) is 5.87. The predicted molar refractivity (Wildman–Crippen MR) is 76.6 cm³/mol. The van der Waals surface area contributed by atoms with Crippen LogP contribution in [0, 0.1) is 5.92 Å². The van der Waals surface area contributed by atoms with Crippen LogP contribution >= 0.6 is 0 Å². The first-order valence-corrected chi connectivity index (χ1v) is 9.10. The van der Waals surface area contributed by atoms with Gasteiger partial charge in [-0.3, -0.25) is 10.6 Å². The molecule has 102 valence electrons. The van der Waals surface area contributed by atoms with E-state index in [4.69, 9.17) is 4.43 Å². The zero-order valence-corrected chi connectivity index (χ0v) is 13.3. The average Bonchev–Trinajstić information content (AvgIpc) is 2.25. The zero-order chi connectivity index (χ0) is 12.8. The van der Waals surface area contributed by atoms with E-state index in [1.165, 1.54) is 18.9 Å². The second-order valence-electron chi connectivity index (χ2n) is 5.88. The summed E-state index contributed by atoms with van der Waals surface area (Å²) in [5.41, 5.74) is 0.594. The molecule has 4 heteroatoms. The monoisotopic (exact) mass is 258 g/mol. The van der Waals surface area contributed by atoms with Crippen LogP contribution in [0.5, 0.6) is 0 Å². The average molecular weight is 258 g/mol. The van der Waals surface area contributed by atoms with Gasteiger partial charge in [0.05, 0.1) is 6.17 Å². The molecule has 3 nitrogen and oxygen atoms in total. The van der Waals surface area contributed by atoms with Gasteiger partial charge in [-0.05, 0) is 39.2 Å². The van der Waals surface area contributed by atoms with Crippen LogP contribution in [0.1, 0.15) is 47.5 Å². The lowest BCUT2D eigenvalue weighted by Crippen LogP contribution is -2.56. The smallest absolute Gasteiger partial charge is 0.193 e. The van der Waals surface area contributed by atoms with Gasteiger partial charge in [-0.25, -0.2) is 0 Å². The van der Waals surface area contributed by atoms with Crippen molar-refractivity contribution in [3.63, 3.8) is 0 Å². The van der Waals surface area contributed by atoms with Gasteiger partial charge in [0.25, 0.3) is 0 Å². The Labute approximate surface area is 108 Å². The Balaban J connectivity index is 2.47. The lowest BCUT2D eigenvalue weighted by molar-refractivity contribution is 0.256. The first kappa shape index (κ1) is 15.2. The number of hydrogen-bond donors (Lipinski definition) is 2. The fraction of sp³-hybridized carbons (Fsp3) is 1.00. The van der Waals surface area contributed by atoms with Crippen molar-refractivity contribution in [2.24, 2.45) is 5.92 Å². The molecule has 1 rings (SSSR count). The number of nitrogens with one attached hydrogen (secondary N) is 2. The summed E-state index contributed by atoms with van der Waals surface area (Å²) in [6, 6.07) is 1.86. The van der Waals surface area contributed by atoms with Gasteiger partial charge in [0.2, 0.25) is 0 Å². The minimum Gasteiger partial charge on any atom is -0.418 e. The normalized spacial score (nSPS) is 25.2. The molecular weight excluding hydrogens is 228 g/mol. The molecule has 0 aromatic heterocycles. The molecule has 1 heterocycles. The van der Waals surface area contributed by atoms with Gasteiger partial charge in [-0.15, -0.1) is 0 Å². The van der Waals surface area contributed by atoms with Crippen LogP contribution in [-0.4, -0.2) is 33.5 Å². The third-order valence-electron chi connectivity index (χ3n) is 3.36. The molecule has 3 unspecified atom stereocenters. The van der Waals surface area contributed by atoms with Crippen LogP contribution in [0.4, 0.5) is 0 Å². The summed E-state index contributed by atoms with van der Waals surface area (Å²) in [5, 5.41) is 7.27. The summed E-state index contributed by atoms with van der Waals surface area (Å²) < 4.78 is 6.06. The van der Waals surface area contributed by atoms with Gasteiger partial charge >= 0.3 is 0 Å². The summed E-state index contributed by atoms with van der Waals surface area (Å²) in [6.45, 7) is 12.2. The van der Waals surface area contributed by atoms with Gasteiger partial charge < -0.3 is 4.43 Å². The van der Waals surface area contributed by atoms with E-state index < -0.39 is 9.04 Å². The minimum atomic E-state index is -1.05. The van der Waals surface area contributed by atoms with E-state index in [9.17, 15) is 0 Å². The van der Waals surface area contributed by atoms with Crippen LogP contribution in [0.25, 0.3) is 0 Å². The van der Waals surface area contributed by atoms with E-state index in [1.54, 1.807) is 0 Å². The molecule has 0 amide bonds.